The number of halogens is 1. The molecule has 45 heavy (non-hydrogen) atoms. The van der Waals surface area contributed by atoms with E-state index < -0.39 is 28.5 Å². The Morgan fingerprint density at radius 3 is 2.09 bits per heavy atom. The smallest absolute Gasteiger partial charge is 0.264 e. The number of rotatable bonds is 13. The van der Waals surface area contributed by atoms with E-state index >= 15 is 0 Å². The van der Waals surface area contributed by atoms with E-state index in [0.29, 0.717) is 5.02 Å². The number of aryl methyl sites for hydroxylation is 2. The van der Waals surface area contributed by atoms with Crippen LogP contribution in [0.5, 0.6) is 0 Å². The average Bonchev–Trinajstić information content (AvgIpc) is 3.02. The Morgan fingerprint density at radius 2 is 1.47 bits per heavy atom. The van der Waals surface area contributed by atoms with E-state index in [1.54, 1.807) is 36.4 Å². The number of carbonyl (C=O) groups is 2. The average molecular weight is 646 g/mol. The lowest BCUT2D eigenvalue weighted by Gasteiger charge is -2.34. The number of nitrogens with one attached hydrogen (secondary N) is 1. The minimum Gasteiger partial charge on any atom is -0.352 e. The maximum atomic E-state index is 14.5. The molecule has 4 aromatic rings. The monoisotopic (exact) mass is 645 g/mol. The Bertz CT molecular complexity index is 1690. The molecule has 0 unspecified atom stereocenters. The van der Waals surface area contributed by atoms with Crippen molar-refractivity contribution < 1.29 is 18.0 Å². The van der Waals surface area contributed by atoms with Gasteiger partial charge in [-0.05, 0) is 74.7 Å². The molecule has 2 atom stereocenters. The first-order chi connectivity index (χ1) is 21.5. The molecule has 0 fully saturated rings. The number of benzene rings is 4. The van der Waals surface area contributed by atoms with Gasteiger partial charge in [0, 0.05) is 24.0 Å². The minimum atomic E-state index is -4.18. The summed E-state index contributed by atoms with van der Waals surface area (Å²) in [5.74, 6) is -0.809. The van der Waals surface area contributed by atoms with Gasteiger partial charge in [-0.15, -0.1) is 0 Å². The molecule has 1 N–H and O–H groups in total. The molecule has 2 amide bonds. The second kappa shape index (κ2) is 15.2. The van der Waals surface area contributed by atoms with E-state index in [2.05, 4.69) is 5.32 Å². The SMILES string of the molecule is CC[C@H](C)NC(=O)[C@H](Cc1ccccc1)N(Cc1cccc(C)c1)C(=O)CN(c1ccc(Cl)cc1)S(=O)(=O)c1ccc(C)cc1. The van der Waals surface area contributed by atoms with Crippen LogP contribution in [0.2, 0.25) is 5.02 Å². The van der Waals surface area contributed by atoms with Crippen LogP contribution >= 0.6 is 11.6 Å². The quantitative estimate of drug-likeness (QED) is 0.175. The molecule has 0 spiro atoms. The number of anilines is 1. The molecule has 236 valence electrons. The van der Waals surface area contributed by atoms with Gasteiger partial charge in [-0.3, -0.25) is 13.9 Å². The molecule has 0 bridgehead atoms. The van der Waals surface area contributed by atoms with Gasteiger partial charge in [-0.25, -0.2) is 8.42 Å². The van der Waals surface area contributed by atoms with Crippen molar-refractivity contribution >= 4 is 39.1 Å². The lowest BCUT2D eigenvalue weighted by atomic mass is 10.0. The molecule has 0 heterocycles. The van der Waals surface area contributed by atoms with E-state index in [9.17, 15) is 18.0 Å². The minimum absolute atomic E-state index is 0.0523. The van der Waals surface area contributed by atoms with Gasteiger partial charge >= 0.3 is 0 Å². The molecular weight excluding hydrogens is 606 g/mol. The van der Waals surface area contributed by atoms with Crippen molar-refractivity contribution in [3.63, 3.8) is 0 Å². The molecule has 9 heteroatoms. The Labute approximate surface area is 271 Å². The van der Waals surface area contributed by atoms with Gasteiger partial charge in [-0.1, -0.05) is 96.4 Å². The fourth-order valence-corrected chi connectivity index (χ4v) is 6.52. The van der Waals surface area contributed by atoms with Crippen molar-refractivity contribution in [1.29, 1.82) is 0 Å². The molecule has 0 aliphatic rings. The molecule has 0 radical (unpaired) electrons. The molecule has 4 rings (SSSR count). The summed E-state index contributed by atoms with van der Waals surface area (Å²) in [4.78, 5) is 30.0. The first-order valence-electron chi connectivity index (χ1n) is 15.0. The van der Waals surface area contributed by atoms with Crippen LogP contribution in [0.3, 0.4) is 0 Å². The number of hydrogen-bond acceptors (Lipinski definition) is 4. The van der Waals surface area contributed by atoms with E-state index in [0.717, 1.165) is 33.0 Å². The summed E-state index contributed by atoms with van der Waals surface area (Å²) in [6.07, 6.45) is 0.973. The van der Waals surface area contributed by atoms with Gasteiger partial charge in [0.15, 0.2) is 0 Å². The van der Waals surface area contributed by atoms with E-state index in [1.807, 2.05) is 82.3 Å². The second-order valence-electron chi connectivity index (χ2n) is 11.3. The zero-order valence-electron chi connectivity index (χ0n) is 26.1. The first-order valence-corrected chi connectivity index (χ1v) is 16.8. The molecule has 0 aliphatic carbocycles. The molecular formula is C36H40ClN3O4S. The molecule has 4 aromatic carbocycles. The van der Waals surface area contributed by atoms with Crippen molar-refractivity contribution in [3.05, 3.63) is 130 Å². The van der Waals surface area contributed by atoms with E-state index in [1.165, 1.54) is 17.0 Å². The molecule has 0 aliphatic heterocycles. The summed E-state index contributed by atoms with van der Waals surface area (Å²) in [5.41, 5.74) is 3.91. The fraction of sp³-hybridized carbons (Fsp3) is 0.278. The normalized spacial score (nSPS) is 12.6. The Balaban J connectivity index is 1.80. The topological polar surface area (TPSA) is 86.8 Å². The number of carbonyl (C=O) groups excluding carboxylic acids is 2. The standard InChI is InChI=1S/C36H40ClN3O4S/c1-5-28(4)38-36(42)34(23-29-11-7-6-8-12-29)39(24-30-13-9-10-27(3)22-30)35(41)25-40(32-18-16-31(37)17-19-32)45(43,44)33-20-14-26(2)15-21-33/h6-22,28,34H,5,23-25H2,1-4H3,(H,38,42)/t28-,34-/m0/s1. The third kappa shape index (κ3) is 8.96. The van der Waals surface area contributed by atoms with Crippen molar-refractivity contribution in [2.45, 2.75) is 64.1 Å². The summed E-state index contributed by atoms with van der Waals surface area (Å²) in [7, 11) is -4.18. The van der Waals surface area contributed by atoms with Crippen molar-refractivity contribution in [1.82, 2.24) is 10.2 Å². The highest BCUT2D eigenvalue weighted by Gasteiger charge is 2.35. The Kier molecular flexibility index (Phi) is 11.4. The van der Waals surface area contributed by atoms with Crippen molar-refractivity contribution in [2.75, 3.05) is 10.8 Å². The predicted octanol–water partition coefficient (Wildman–Crippen LogP) is 6.71. The van der Waals surface area contributed by atoms with Gasteiger partial charge in [0.25, 0.3) is 10.0 Å². The maximum absolute atomic E-state index is 14.5. The number of amides is 2. The second-order valence-corrected chi connectivity index (χ2v) is 13.6. The van der Waals surface area contributed by atoms with Crippen LogP contribution in [0.25, 0.3) is 0 Å². The van der Waals surface area contributed by atoms with Gasteiger partial charge in [0.1, 0.15) is 12.6 Å². The van der Waals surface area contributed by atoms with Gasteiger partial charge in [-0.2, -0.15) is 0 Å². The number of hydrogen-bond donors (Lipinski definition) is 1. The maximum Gasteiger partial charge on any atom is 0.264 e. The van der Waals surface area contributed by atoms with Crippen LogP contribution in [0.1, 0.15) is 42.5 Å². The Morgan fingerprint density at radius 1 is 0.822 bits per heavy atom. The van der Waals surface area contributed by atoms with Crippen LogP contribution in [-0.4, -0.2) is 43.8 Å². The lowest BCUT2D eigenvalue weighted by molar-refractivity contribution is -0.140. The van der Waals surface area contributed by atoms with Gasteiger partial charge in [0.05, 0.1) is 10.6 Å². The highest BCUT2D eigenvalue weighted by atomic mass is 35.5. The third-order valence-electron chi connectivity index (χ3n) is 7.71. The van der Waals surface area contributed by atoms with Crippen LogP contribution in [0.15, 0.2) is 108 Å². The van der Waals surface area contributed by atoms with Crippen LogP contribution in [-0.2, 0) is 32.6 Å². The summed E-state index contributed by atoms with van der Waals surface area (Å²) in [6, 6.07) is 29.0. The highest BCUT2D eigenvalue weighted by molar-refractivity contribution is 7.92. The molecule has 0 saturated heterocycles. The van der Waals surface area contributed by atoms with Crippen LogP contribution in [0.4, 0.5) is 5.69 Å². The zero-order chi connectivity index (χ0) is 32.6. The van der Waals surface area contributed by atoms with Gasteiger partial charge < -0.3 is 10.2 Å². The fourth-order valence-electron chi connectivity index (χ4n) is 4.98. The summed E-state index contributed by atoms with van der Waals surface area (Å²) in [6.45, 7) is 7.32. The number of nitrogens with zero attached hydrogens (tertiary/aromatic N) is 2. The molecule has 7 nitrogen and oxygen atoms in total. The largest absolute Gasteiger partial charge is 0.352 e. The highest BCUT2D eigenvalue weighted by Crippen LogP contribution is 2.27. The summed E-state index contributed by atoms with van der Waals surface area (Å²) in [5, 5.41) is 3.49. The molecule has 0 saturated carbocycles. The summed E-state index contributed by atoms with van der Waals surface area (Å²) < 4.78 is 29.3. The first kappa shape index (κ1) is 33.7. The van der Waals surface area contributed by atoms with Gasteiger partial charge in [0.2, 0.25) is 11.8 Å². The predicted molar refractivity (Wildman–Crippen MR) is 181 cm³/mol. The van der Waals surface area contributed by atoms with E-state index in [-0.39, 0.29) is 35.5 Å². The Hall–Kier alpha value is -4.14. The third-order valence-corrected chi connectivity index (χ3v) is 9.75. The zero-order valence-corrected chi connectivity index (χ0v) is 27.7. The van der Waals surface area contributed by atoms with E-state index in [4.69, 9.17) is 11.6 Å². The molecule has 0 aromatic heterocycles. The lowest BCUT2D eigenvalue weighted by Crippen LogP contribution is -2.54. The summed E-state index contributed by atoms with van der Waals surface area (Å²) >= 11 is 6.14. The van der Waals surface area contributed by atoms with Crippen LogP contribution < -0.4 is 9.62 Å². The van der Waals surface area contributed by atoms with Crippen LogP contribution in [0, 0.1) is 13.8 Å². The van der Waals surface area contributed by atoms with Crippen molar-refractivity contribution in [2.24, 2.45) is 0 Å². The van der Waals surface area contributed by atoms with Crippen molar-refractivity contribution in [3.8, 4) is 0 Å². The number of sulfonamides is 1.